The third-order valence-corrected chi connectivity index (χ3v) is 4.17. The van der Waals surface area contributed by atoms with Crippen LogP contribution in [-0.4, -0.2) is 22.5 Å². The van der Waals surface area contributed by atoms with Crippen molar-refractivity contribution in [2.75, 3.05) is 11.9 Å². The summed E-state index contributed by atoms with van der Waals surface area (Å²) in [5.74, 6) is 0.761. The highest BCUT2D eigenvalue weighted by Crippen LogP contribution is 2.23. The molecule has 7 heteroatoms. The molecule has 0 saturated heterocycles. The maximum absolute atomic E-state index is 5.67. The Labute approximate surface area is 159 Å². The number of aromatic nitrogens is 2. The fourth-order valence-electron chi connectivity index (χ4n) is 2.64. The first kappa shape index (κ1) is 18.4. The first-order chi connectivity index (χ1) is 13.1. The normalized spacial score (nSPS) is 12.6. The van der Waals surface area contributed by atoms with E-state index >= 15 is 0 Å². The Bertz CT molecular complexity index is 868. The summed E-state index contributed by atoms with van der Waals surface area (Å²) in [6, 6.07) is 8.15. The van der Waals surface area contributed by atoms with Crippen LogP contribution < -0.4 is 21.7 Å². The molecule has 7 nitrogen and oxygen atoms in total. The van der Waals surface area contributed by atoms with Crippen molar-refractivity contribution >= 4 is 28.9 Å². The van der Waals surface area contributed by atoms with Gasteiger partial charge in [0.05, 0.1) is 24.1 Å². The molecule has 0 saturated carbocycles. The summed E-state index contributed by atoms with van der Waals surface area (Å²) in [7, 11) is 0. The van der Waals surface area contributed by atoms with Crippen LogP contribution in [-0.2, 0) is 6.54 Å². The summed E-state index contributed by atoms with van der Waals surface area (Å²) in [6.07, 6.45) is 3.99. The summed E-state index contributed by atoms with van der Waals surface area (Å²) in [4.78, 5) is 13.0. The number of rotatable bonds is 8. The van der Waals surface area contributed by atoms with Crippen molar-refractivity contribution in [2.45, 2.75) is 26.3 Å². The van der Waals surface area contributed by atoms with Gasteiger partial charge in [0.2, 0.25) is 0 Å². The molecular weight excluding hydrogens is 338 g/mol. The highest BCUT2D eigenvalue weighted by Gasteiger charge is 2.16. The molecule has 5 N–H and O–H groups in total. The number of hydrogen-bond donors (Lipinski definition) is 4. The van der Waals surface area contributed by atoms with Crippen LogP contribution >= 0.6 is 0 Å². The number of unbranched alkanes of at least 4 members (excludes halogenated alkanes) is 1. The zero-order valence-electron chi connectivity index (χ0n) is 15.5. The molecule has 27 heavy (non-hydrogen) atoms. The minimum absolute atomic E-state index is 0.276. The van der Waals surface area contributed by atoms with Crippen LogP contribution in [0.5, 0.6) is 0 Å². The van der Waals surface area contributed by atoms with Crippen LogP contribution in [0.15, 0.2) is 48.6 Å². The molecule has 0 spiro atoms. The van der Waals surface area contributed by atoms with Gasteiger partial charge in [-0.25, -0.2) is 9.97 Å². The maximum Gasteiger partial charge on any atom is 0.199 e. The average molecular weight is 363 g/mol. The summed E-state index contributed by atoms with van der Waals surface area (Å²) in [5.41, 5.74) is 10.7. The molecule has 0 amide bonds. The van der Waals surface area contributed by atoms with E-state index in [4.69, 9.17) is 5.73 Å². The lowest BCUT2D eigenvalue weighted by Crippen LogP contribution is -2.32. The third kappa shape index (κ3) is 4.63. The van der Waals surface area contributed by atoms with E-state index < -0.39 is 0 Å². The van der Waals surface area contributed by atoms with Crippen molar-refractivity contribution in [1.29, 1.82) is 0 Å². The molecule has 0 unspecified atom stereocenters. The van der Waals surface area contributed by atoms with E-state index in [0.29, 0.717) is 23.8 Å². The molecule has 0 bridgehead atoms. The molecule has 2 heterocycles. The van der Waals surface area contributed by atoms with Crippen LogP contribution in [0.4, 0.5) is 11.5 Å². The number of anilines is 1. The minimum Gasteiger partial charge on any atom is -0.385 e. The van der Waals surface area contributed by atoms with E-state index in [1.54, 1.807) is 6.20 Å². The number of hydrogen-bond acceptors (Lipinski definition) is 7. The van der Waals surface area contributed by atoms with Gasteiger partial charge in [0.1, 0.15) is 5.69 Å². The van der Waals surface area contributed by atoms with Gasteiger partial charge in [-0.05, 0) is 24.1 Å². The molecule has 0 atom stereocenters. The molecule has 1 aliphatic heterocycles. The summed E-state index contributed by atoms with van der Waals surface area (Å²) in [6.45, 7) is 11.7. The summed E-state index contributed by atoms with van der Waals surface area (Å²) in [5, 5.41) is 9.56. The van der Waals surface area contributed by atoms with Crippen LogP contribution in [0, 0.1) is 0 Å². The van der Waals surface area contributed by atoms with Crippen LogP contribution in [0.3, 0.4) is 0 Å². The fraction of sp³-hybridized carbons (Fsp3) is 0.250. The second-order valence-corrected chi connectivity index (χ2v) is 6.32. The van der Waals surface area contributed by atoms with E-state index in [-0.39, 0.29) is 5.96 Å². The number of nitrogens with zero attached hydrogens (tertiary/aromatic N) is 3. The fourth-order valence-corrected chi connectivity index (χ4v) is 2.64. The van der Waals surface area contributed by atoms with Crippen molar-refractivity contribution in [3.05, 3.63) is 60.6 Å². The Morgan fingerprint density at radius 2 is 2.04 bits per heavy atom. The van der Waals surface area contributed by atoms with Gasteiger partial charge in [0.15, 0.2) is 11.8 Å². The first-order valence-corrected chi connectivity index (χ1v) is 9.00. The van der Waals surface area contributed by atoms with Gasteiger partial charge in [0.25, 0.3) is 0 Å². The van der Waals surface area contributed by atoms with E-state index in [0.717, 1.165) is 42.0 Å². The molecule has 1 aromatic carbocycles. The van der Waals surface area contributed by atoms with Crippen molar-refractivity contribution in [1.82, 2.24) is 20.6 Å². The first-order valence-electron chi connectivity index (χ1n) is 9.00. The Hall–Kier alpha value is -3.35. The maximum atomic E-state index is 5.67. The zero-order valence-corrected chi connectivity index (χ0v) is 15.5. The molecule has 1 aromatic heterocycles. The lowest BCUT2D eigenvalue weighted by atomic mass is 10.1. The number of guanidine groups is 1. The Kier molecular flexibility index (Phi) is 5.71. The second kappa shape index (κ2) is 8.35. The summed E-state index contributed by atoms with van der Waals surface area (Å²) < 4.78 is 0. The Morgan fingerprint density at radius 3 is 2.78 bits per heavy atom. The largest absolute Gasteiger partial charge is 0.385 e. The topological polar surface area (TPSA) is 100 Å². The molecule has 0 radical (unpaired) electrons. The van der Waals surface area contributed by atoms with Crippen LogP contribution in [0.1, 0.15) is 36.7 Å². The number of aliphatic imine (C=N–C) groups is 1. The van der Waals surface area contributed by atoms with E-state index in [1.807, 2.05) is 24.3 Å². The zero-order chi connectivity index (χ0) is 19.2. The third-order valence-electron chi connectivity index (χ3n) is 4.17. The molecule has 0 aliphatic carbocycles. The predicted octanol–water partition coefficient (Wildman–Crippen LogP) is 2.97. The van der Waals surface area contributed by atoms with Crippen molar-refractivity contribution in [3.63, 3.8) is 0 Å². The predicted molar refractivity (Wildman–Crippen MR) is 111 cm³/mol. The molecule has 140 valence electrons. The van der Waals surface area contributed by atoms with Crippen molar-refractivity contribution in [2.24, 2.45) is 10.7 Å². The van der Waals surface area contributed by atoms with Crippen molar-refractivity contribution < 1.29 is 0 Å². The monoisotopic (exact) mass is 363 g/mol. The van der Waals surface area contributed by atoms with Gasteiger partial charge >= 0.3 is 0 Å². The van der Waals surface area contributed by atoms with Gasteiger partial charge in [0, 0.05) is 17.9 Å². The van der Waals surface area contributed by atoms with E-state index in [1.165, 1.54) is 0 Å². The van der Waals surface area contributed by atoms with E-state index in [9.17, 15) is 0 Å². The average Bonchev–Trinajstić information content (AvgIpc) is 2.67. The number of nitrogens with one attached hydrogen (secondary N) is 3. The summed E-state index contributed by atoms with van der Waals surface area (Å²) >= 11 is 0. The highest BCUT2D eigenvalue weighted by molar-refractivity contribution is 5.93. The van der Waals surface area contributed by atoms with Crippen molar-refractivity contribution in [3.8, 4) is 0 Å². The molecule has 3 rings (SSSR count). The SMILES string of the molecule is C=C(NCCCC)c1ccc(NCc2cnc3c(n2)C(=C)NC(N)=N3)cc1. The van der Waals surface area contributed by atoms with Crippen LogP contribution in [0.25, 0.3) is 11.4 Å². The van der Waals surface area contributed by atoms with Gasteiger partial charge in [-0.3, -0.25) is 0 Å². The van der Waals surface area contributed by atoms with Gasteiger partial charge in [-0.1, -0.05) is 38.6 Å². The van der Waals surface area contributed by atoms with Gasteiger partial charge in [-0.2, -0.15) is 4.99 Å². The van der Waals surface area contributed by atoms with Gasteiger partial charge in [-0.15, -0.1) is 0 Å². The highest BCUT2D eigenvalue weighted by atomic mass is 15.2. The molecule has 2 aromatic rings. The molecular formula is C20H25N7. The Morgan fingerprint density at radius 1 is 1.26 bits per heavy atom. The smallest absolute Gasteiger partial charge is 0.199 e. The minimum atomic E-state index is 0.276. The number of benzene rings is 1. The Balaban J connectivity index is 1.60. The number of nitrogens with two attached hydrogens (primary N) is 1. The lowest BCUT2D eigenvalue weighted by Gasteiger charge is -2.16. The van der Waals surface area contributed by atoms with E-state index in [2.05, 4.69) is 51.0 Å². The molecule has 0 fully saturated rings. The molecule has 1 aliphatic rings. The number of fused-ring (bicyclic) bond motifs is 1. The second-order valence-electron chi connectivity index (χ2n) is 6.32. The van der Waals surface area contributed by atoms with Gasteiger partial charge < -0.3 is 21.7 Å². The lowest BCUT2D eigenvalue weighted by molar-refractivity contribution is 0.745. The quantitative estimate of drug-likeness (QED) is 0.538. The van der Waals surface area contributed by atoms with Crippen LogP contribution in [0.2, 0.25) is 0 Å². The standard InChI is InChI=1S/C20H25N7/c1-4-5-10-22-13(2)15-6-8-16(9-7-15)23-11-17-12-24-19-18(26-17)14(3)25-20(21)27-19/h6-9,12,22-23H,2-5,10-11H2,1H3,(H3,21,24,25,27).